The molecular formula is C12H17NO. The predicted octanol–water partition coefficient (Wildman–Crippen LogP) is 2.17. The SMILES string of the molecule is CC1=CC(C2C=C(O)C=CC2)CNC1. The maximum atomic E-state index is 9.41. The molecule has 0 aromatic rings. The molecule has 0 aromatic carbocycles. The van der Waals surface area contributed by atoms with Crippen LogP contribution >= 0.6 is 0 Å². The van der Waals surface area contributed by atoms with Crippen molar-refractivity contribution >= 4 is 0 Å². The minimum Gasteiger partial charge on any atom is -0.508 e. The van der Waals surface area contributed by atoms with Gasteiger partial charge in [0.25, 0.3) is 0 Å². The molecular weight excluding hydrogens is 174 g/mol. The normalized spacial score (nSPS) is 32.4. The lowest BCUT2D eigenvalue weighted by Crippen LogP contribution is -2.32. The van der Waals surface area contributed by atoms with Gasteiger partial charge in [0.05, 0.1) is 0 Å². The zero-order valence-corrected chi connectivity index (χ0v) is 8.53. The van der Waals surface area contributed by atoms with Gasteiger partial charge in [-0.05, 0) is 37.3 Å². The monoisotopic (exact) mass is 191 g/mol. The van der Waals surface area contributed by atoms with Gasteiger partial charge in [-0.15, -0.1) is 0 Å². The van der Waals surface area contributed by atoms with E-state index in [1.165, 1.54) is 5.57 Å². The summed E-state index contributed by atoms with van der Waals surface area (Å²) in [5.41, 5.74) is 1.41. The fraction of sp³-hybridized carbons (Fsp3) is 0.500. The van der Waals surface area contributed by atoms with Gasteiger partial charge in [-0.2, -0.15) is 0 Å². The highest BCUT2D eigenvalue weighted by Crippen LogP contribution is 2.26. The Hall–Kier alpha value is -1.02. The third kappa shape index (κ3) is 2.07. The highest BCUT2D eigenvalue weighted by atomic mass is 16.3. The molecule has 2 nitrogen and oxygen atoms in total. The van der Waals surface area contributed by atoms with Crippen LogP contribution in [-0.4, -0.2) is 18.2 Å². The van der Waals surface area contributed by atoms with Gasteiger partial charge in [0, 0.05) is 13.1 Å². The molecule has 2 heteroatoms. The predicted molar refractivity (Wildman–Crippen MR) is 58.1 cm³/mol. The second-order valence-corrected chi connectivity index (χ2v) is 4.20. The first-order valence-electron chi connectivity index (χ1n) is 5.21. The molecule has 1 aliphatic carbocycles. The standard InChI is InChI=1S/C12H17NO/c1-9-5-11(8-13-7-9)10-3-2-4-12(14)6-10/h2,4-6,10-11,13-14H,3,7-8H2,1H3. The molecule has 0 spiro atoms. The Bertz CT molecular complexity index is 301. The third-order valence-electron chi connectivity index (χ3n) is 2.91. The average Bonchev–Trinajstić information content (AvgIpc) is 2.18. The Kier molecular flexibility index (Phi) is 2.73. The first-order valence-corrected chi connectivity index (χ1v) is 5.21. The molecule has 0 saturated heterocycles. The quantitative estimate of drug-likeness (QED) is 0.623. The van der Waals surface area contributed by atoms with E-state index >= 15 is 0 Å². The first-order chi connectivity index (χ1) is 6.75. The second kappa shape index (κ2) is 4.01. The maximum Gasteiger partial charge on any atom is 0.111 e. The van der Waals surface area contributed by atoms with Crippen LogP contribution in [-0.2, 0) is 0 Å². The van der Waals surface area contributed by atoms with Crippen molar-refractivity contribution in [1.82, 2.24) is 5.32 Å². The van der Waals surface area contributed by atoms with E-state index in [1.54, 1.807) is 6.08 Å². The Labute approximate surface area is 85.0 Å². The van der Waals surface area contributed by atoms with Crippen LogP contribution in [0.2, 0.25) is 0 Å². The summed E-state index contributed by atoms with van der Waals surface area (Å²) >= 11 is 0. The smallest absolute Gasteiger partial charge is 0.111 e. The van der Waals surface area contributed by atoms with Crippen molar-refractivity contribution in [3.63, 3.8) is 0 Å². The van der Waals surface area contributed by atoms with Crippen molar-refractivity contribution in [2.75, 3.05) is 13.1 Å². The maximum absolute atomic E-state index is 9.41. The molecule has 2 aliphatic rings. The number of hydrogen-bond donors (Lipinski definition) is 2. The molecule has 0 aromatic heterocycles. The Balaban J connectivity index is 2.08. The molecule has 76 valence electrons. The first kappa shape index (κ1) is 9.53. The molecule has 0 amide bonds. The summed E-state index contributed by atoms with van der Waals surface area (Å²) in [5.74, 6) is 1.41. The van der Waals surface area contributed by atoms with Crippen LogP contribution in [0.4, 0.5) is 0 Å². The van der Waals surface area contributed by atoms with Gasteiger partial charge in [0.1, 0.15) is 5.76 Å². The lowest BCUT2D eigenvalue weighted by Gasteiger charge is -2.27. The van der Waals surface area contributed by atoms with Crippen LogP contribution in [0, 0.1) is 11.8 Å². The van der Waals surface area contributed by atoms with Gasteiger partial charge >= 0.3 is 0 Å². The number of aliphatic hydroxyl groups excluding tert-OH is 1. The van der Waals surface area contributed by atoms with Crippen molar-refractivity contribution in [3.05, 3.63) is 35.6 Å². The van der Waals surface area contributed by atoms with Crippen LogP contribution in [0.15, 0.2) is 35.6 Å². The van der Waals surface area contributed by atoms with Crippen molar-refractivity contribution in [1.29, 1.82) is 0 Å². The molecule has 2 atom stereocenters. The van der Waals surface area contributed by atoms with Gasteiger partial charge in [-0.3, -0.25) is 0 Å². The van der Waals surface area contributed by atoms with E-state index < -0.39 is 0 Å². The zero-order valence-electron chi connectivity index (χ0n) is 8.53. The van der Waals surface area contributed by atoms with Crippen molar-refractivity contribution in [2.24, 2.45) is 11.8 Å². The molecule has 1 aliphatic heterocycles. The van der Waals surface area contributed by atoms with Crippen LogP contribution in [0.5, 0.6) is 0 Å². The number of nitrogens with one attached hydrogen (secondary N) is 1. The van der Waals surface area contributed by atoms with E-state index in [1.807, 2.05) is 6.08 Å². The summed E-state index contributed by atoms with van der Waals surface area (Å²) in [7, 11) is 0. The summed E-state index contributed by atoms with van der Waals surface area (Å²) in [6.07, 6.45) is 9.19. The van der Waals surface area contributed by atoms with E-state index in [0.29, 0.717) is 17.6 Å². The lowest BCUT2D eigenvalue weighted by molar-refractivity contribution is 0.384. The number of aliphatic hydroxyl groups is 1. The van der Waals surface area contributed by atoms with Gasteiger partial charge in [0.2, 0.25) is 0 Å². The van der Waals surface area contributed by atoms with Crippen LogP contribution in [0.3, 0.4) is 0 Å². The Morgan fingerprint density at radius 2 is 2.21 bits per heavy atom. The lowest BCUT2D eigenvalue weighted by atomic mass is 9.84. The van der Waals surface area contributed by atoms with Crippen molar-refractivity contribution in [2.45, 2.75) is 13.3 Å². The van der Waals surface area contributed by atoms with Crippen molar-refractivity contribution < 1.29 is 5.11 Å². The topological polar surface area (TPSA) is 32.3 Å². The summed E-state index contributed by atoms with van der Waals surface area (Å²) in [6, 6.07) is 0. The summed E-state index contributed by atoms with van der Waals surface area (Å²) in [5, 5.41) is 12.8. The highest BCUT2D eigenvalue weighted by Gasteiger charge is 2.21. The highest BCUT2D eigenvalue weighted by molar-refractivity contribution is 5.20. The minimum absolute atomic E-state index is 0.415. The molecule has 0 fully saturated rings. The van der Waals surface area contributed by atoms with Crippen LogP contribution in [0.25, 0.3) is 0 Å². The van der Waals surface area contributed by atoms with Gasteiger partial charge in [-0.25, -0.2) is 0 Å². The van der Waals surface area contributed by atoms with Crippen LogP contribution in [0.1, 0.15) is 13.3 Å². The van der Waals surface area contributed by atoms with Crippen LogP contribution < -0.4 is 5.32 Å². The van der Waals surface area contributed by atoms with Crippen molar-refractivity contribution in [3.8, 4) is 0 Å². The average molecular weight is 191 g/mol. The molecule has 0 radical (unpaired) electrons. The number of rotatable bonds is 1. The van der Waals surface area contributed by atoms with E-state index in [9.17, 15) is 5.11 Å². The zero-order chi connectivity index (χ0) is 9.97. The van der Waals surface area contributed by atoms with E-state index in [2.05, 4.69) is 24.4 Å². The summed E-state index contributed by atoms with van der Waals surface area (Å²) in [4.78, 5) is 0. The van der Waals surface area contributed by atoms with Gasteiger partial charge < -0.3 is 10.4 Å². The fourth-order valence-corrected chi connectivity index (χ4v) is 2.18. The fourth-order valence-electron chi connectivity index (χ4n) is 2.18. The van der Waals surface area contributed by atoms with E-state index in [0.717, 1.165) is 19.5 Å². The molecule has 2 N–H and O–H groups in total. The summed E-state index contributed by atoms with van der Waals surface area (Å²) in [6.45, 7) is 4.19. The van der Waals surface area contributed by atoms with E-state index in [4.69, 9.17) is 0 Å². The van der Waals surface area contributed by atoms with E-state index in [-0.39, 0.29) is 0 Å². The number of hydrogen-bond acceptors (Lipinski definition) is 2. The molecule has 2 rings (SSSR count). The molecule has 14 heavy (non-hydrogen) atoms. The molecule has 2 unspecified atom stereocenters. The summed E-state index contributed by atoms with van der Waals surface area (Å²) < 4.78 is 0. The third-order valence-corrected chi connectivity index (χ3v) is 2.91. The molecule has 1 heterocycles. The molecule has 0 saturated carbocycles. The van der Waals surface area contributed by atoms with Gasteiger partial charge in [-0.1, -0.05) is 17.7 Å². The Morgan fingerprint density at radius 1 is 1.36 bits per heavy atom. The second-order valence-electron chi connectivity index (χ2n) is 4.20. The largest absolute Gasteiger partial charge is 0.508 e. The minimum atomic E-state index is 0.415. The van der Waals surface area contributed by atoms with Gasteiger partial charge in [0.15, 0.2) is 0 Å². The molecule has 0 bridgehead atoms. The Morgan fingerprint density at radius 3 is 2.93 bits per heavy atom. The number of allylic oxidation sites excluding steroid dienone is 3.